The first-order valence-corrected chi connectivity index (χ1v) is 7.00. The second kappa shape index (κ2) is 6.82. The average molecular weight is 265 g/mol. The molecule has 5 nitrogen and oxygen atoms in total. The van der Waals surface area contributed by atoms with Crippen molar-refractivity contribution in [3.05, 3.63) is 24.4 Å². The monoisotopic (exact) mass is 265 g/mol. The zero-order valence-electron chi connectivity index (χ0n) is 11.6. The Morgan fingerprint density at radius 1 is 1.63 bits per heavy atom. The number of nitrogens with zero attached hydrogens (tertiary/aromatic N) is 3. The molecule has 1 aromatic rings. The summed E-state index contributed by atoms with van der Waals surface area (Å²) in [6.45, 7) is 8.17. The van der Waals surface area contributed by atoms with Crippen LogP contribution in [0.2, 0.25) is 0 Å². The van der Waals surface area contributed by atoms with Crippen LogP contribution < -0.4 is 0 Å². The number of aryl methyl sites for hydroxylation is 1. The van der Waals surface area contributed by atoms with Crippen molar-refractivity contribution < 1.29 is 9.63 Å². The minimum Gasteiger partial charge on any atom is -0.392 e. The van der Waals surface area contributed by atoms with E-state index >= 15 is 0 Å². The summed E-state index contributed by atoms with van der Waals surface area (Å²) in [7, 11) is 0. The third-order valence-electron chi connectivity index (χ3n) is 3.57. The minimum absolute atomic E-state index is 0.277. The van der Waals surface area contributed by atoms with Gasteiger partial charge in [-0.3, -0.25) is 4.90 Å². The van der Waals surface area contributed by atoms with Gasteiger partial charge in [-0.15, -0.1) is 6.58 Å². The molecule has 1 aliphatic heterocycles. The molecule has 2 heterocycles. The van der Waals surface area contributed by atoms with Gasteiger partial charge in [0.1, 0.15) is 0 Å². The topological polar surface area (TPSA) is 62.4 Å². The van der Waals surface area contributed by atoms with Gasteiger partial charge in [0, 0.05) is 13.1 Å². The van der Waals surface area contributed by atoms with E-state index in [1.165, 1.54) is 0 Å². The zero-order chi connectivity index (χ0) is 13.7. The van der Waals surface area contributed by atoms with Crippen LogP contribution in [0.1, 0.15) is 43.3 Å². The van der Waals surface area contributed by atoms with Crippen LogP contribution in [-0.4, -0.2) is 45.9 Å². The molecule has 1 fully saturated rings. The summed E-state index contributed by atoms with van der Waals surface area (Å²) < 4.78 is 5.26. The summed E-state index contributed by atoms with van der Waals surface area (Å²) in [5, 5.41) is 13.8. The molecular weight excluding hydrogens is 242 g/mol. The minimum atomic E-state index is -0.277. The number of aliphatic hydroxyl groups is 1. The second-order valence-electron chi connectivity index (χ2n) is 5.30. The van der Waals surface area contributed by atoms with Crippen LogP contribution in [0.4, 0.5) is 0 Å². The number of likely N-dealkylation sites (tertiary alicyclic amines) is 1. The molecular formula is C14H23N3O2. The molecule has 5 heteroatoms. The van der Waals surface area contributed by atoms with Crippen molar-refractivity contribution in [1.29, 1.82) is 0 Å². The Balaban J connectivity index is 1.85. The fourth-order valence-electron chi connectivity index (χ4n) is 2.60. The van der Waals surface area contributed by atoms with E-state index in [4.69, 9.17) is 4.52 Å². The van der Waals surface area contributed by atoms with E-state index in [0.29, 0.717) is 11.7 Å². The third kappa shape index (κ3) is 4.14. The Labute approximate surface area is 114 Å². The number of hydrogen-bond donors (Lipinski definition) is 1. The molecule has 0 aromatic carbocycles. The Morgan fingerprint density at radius 2 is 2.47 bits per heavy atom. The fourth-order valence-corrected chi connectivity index (χ4v) is 2.60. The first-order chi connectivity index (χ1) is 9.19. The molecule has 106 valence electrons. The summed E-state index contributed by atoms with van der Waals surface area (Å²) in [6.07, 6.45) is 5.41. The molecule has 2 unspecified atom stereocenters. The van der Waals surface area contributed by atoms with E-state index in [2.05, 4.69) is 21.6 Å². The summed E-state index contributed by atoms with van der Waals surface area (Å²) in [6, 6.07) is 0. The van der Waals surface area contributed by atoms with E-state index in [1.807, 2.05) is 13.0 Å². The summed E-state index contributed by atoms with van der Waals surface area (Å²) in [4.78, 5) is 6.61. The summed E-state index contributed by atoms with van der Waals surface area (Å²) in [5.41, 5.74) is 0. The van der Waals surface area contributed by atoms with Gasteiger partial charge in [0.05, 0.1) is 12.0 Å². The van der Waals surface area contributed by atoms with Gasteiger partial charge in [-0.1, -0.05) is 11.2 Å². The number of aliphatic hydroxyl groups excluding tert-OH is 1. The van der Waals surface area contributed by atoms with E-state index in [1.54, 1.807) is 0 Å². The molecule has 0 spiro atoms. The first-order valence-electron chi connectivity index (χ1n) is 7.00. The largest absolute Gasteiger partial charge is 0.392 e. The predicted molar refractivity (Wildman–Crippen MR) is 72.9 cm³/mol. The molecule has 0 radical (unpaired) electrons. The fraction of sp³-hybridized carbons (Fsp3) is 0.714. The summed E-state index contributed by atoms with van der Waals surface area (Å²) >= 11 is 0. The van der Waals surface area contributed by atoms with Crippen LogP contribution >= 0.6 is 0 Å². The van der Waals surface area contributed by atoms with Crippen LogP contribution in [0.25, 0.3) is 0 Å². The first kappa shape index (κ1) is 14.2. The lowest BCUT2D eigenvalue weighted by molar-refractivity contribution is 0.0861. The molecule has 19 heavy (non-hydrogen) atoms. The van der Waals surface area contributed by atoms with E-state index in [0.717, 1.165) is 51.2 Å². The van der Waals surface area contributed by atoms with Gasteiger partial charge in [-0.2, -0.15) is 4.98 Å². The van der Waals surface area contributed by atoms with Gasteiger partial charge < -0.3 is 9.63 Å². The van der Waals surface area contributed by atoms with Gasteiger partial charge in [0.15, 0.2) is 5.82 Å². The highest BCUT2D eigenvalue weighted by molar-refractivity contribution is 4.96. The molecule has 0 aliphatic carbocycles. The Morgan fingerprint density at radius 3 is 3.16 bits per heavy atom. The standard InChI is InChI=1S/C14H23N3O2/c1-3-4-7-13(18)10-17-8-5-6-12(9-17)14-15-11(2)16-19-14/h3,12-13,18H,1,4-10H2,2H3. The zero-order valence-corrected chi connectivity index (χ0v) is 11.6. The lowest BCUT2D eigenvalue weighted by Crippen LogP contribution is -2.39. The lowest BCUT2D eigenvalue weighted by Gasteiger charge is -2.32. The van der Waals surface area contributed by atoms with Gasteiger partial charge >= 0.3 is 0 Å². The number of hydrogen-bond acceptors (Lipinski definition) is 5. The number of piperidine rings is 1. The normalized spacial score (nSPS) is 22.3. The van der Waals surface area contributed by atoms with Gasteiger partial charge in [-0.05, 0) is 39.2 Å². The van der Waals surface area contributed by atoms with Crippen molar-refractivity contribution in [3.63, 3.8) is 0 Å². The van der Waals surface area contributed by atoms with Gasteiger partial charge in [0.2, 0.25) is 5.89 Å². The van der Waals surface area contributed by atoms with Crippen molar-refractivity contribution in [2.75, 3.05) is 19.6 Å². The van der Waals surface area contributed by atoms with Crippen LogP contribution in [0.5, 0.6) is 0 Å². The van der Waals surface area contributed by atoms with Crippen LogP contribution in [0, 0.1) is 6.92 Å². The van der Waals surface area contributed by atoms with E-state index in [-0.39, 0.29) is 6.10 Å². The van der Waals surface area contributed by atoms with Crippen molar-refractivity contribution in [3.8, 4) is 0 Å². The van der Waals surface area contributed by atoms with Crippen molar-refractivity contribution >= 4 is 0 Å². The molecule has 1 saturated heterocycles. The SMILES string of the molecule is C=CCCC(O)CN1CCCC(c2nc(C)no2)C1. The maximum absolute atomic E-state index is 9.95. The molecule has 0 saturated carbocycles. The molecule has 2 atom stereocenters. The smallest absolute Gasteiger partial charge is 0.231 e. The number of allylic oxidation sites excluding steroid dienone is 1. The molecule has 1 aromatic heterocycles. The average Bonchev–Trinajstić information content (AvgIpc) is 2.83. The quantitative estimate of drug-likeness (QED) is 0.796. The number of β-amino-alcohol motifs (C(OH)–C–C–N with tert-alkyl or cyclic N) is 1. The van der Waals surface area contributed by atoms with Crippen molar-refractivity contribution in [2.24, 2.45) is 0 Å². The summed E-state index contributed by atoms with van der Waals surface area (Å²) in [5.74, 6) is 1.74. The number of aromatic nitrogens is 2. The van der Waals surface area contributed by atoms with Crippen molar-refractivity contribution in [2.45, 2.75) is 44.6 Å². The predicted octanol–water partition coefficient (Wildman–Crippen LogP) is 1.88. The van der Waals surface area contributed by atoms with Crippen molar-refractivity contribution in [1.82, 2.24) is 15.0 Å². The van der Waals surface area contributed by atoms with Crippen LogP contribution in [0.15, 0.2) is 17.2 Å². The molecule has 2 rings (SSSR count). The lowest BCUT2D eigenvalue weighted by atomic mass is 9.97. The molecule has 0 bridgehead atoms. The molecule has 1 N–H and O–H groups in total. The highest BCUT2D eigenvalue weighted by atomic mass is 16.5. The van der Waals surface area contributed by atoms with Gasteiger partial charge in [0.25, 0.3) is 0 Å². The highest BCUT2D eigenvalue weighted by Gasteiger charge is 2.26. The Kier molecular flexibility index (Phi) is 5.10. The van der Waals surface area contributed by atoms with Crippen LogP contribution in [-0.2, 0) is 0 Å². The highest BCUT2D eigenvalue weighted by Crippen LogP contribution is 2.25. The molecule has 0 amide bonds. The Hall–Kier alpha value is -1.20. The number of rotatable bonds is 6. The maximum Gasteiger partial charge on any atom is 0.231 e. The van der Waals surface area contributed by atoms with Gasteiger partial charge in [-0.25, -0.2) is 0 Å². The van der Waals surface area contributed by atoms with E-state index in [9.17, 15) is 5.11 Å². The Bertz CT molecular complexity index is 405. The molecule has 1 aliphatic rings. The maximum atomic E-state index is 9.95. The second-order valence-corrected chi connectivity index (χ2v) is 5.30. The third-order valence-corrected chi connectivity index (χ3v) is 3.57. The van der Waals surface area contributed by atoms with E-state index < -0.39 is 0 Å². The van der Waals surface area contributed by atoms with Crippen LogP contribution in [0.3, 0.4) is 0 Å².